The smallest absolute Gasteiger partial charge is 0.374 e. The molecule has 0 aliphatic rings. The van der Waals surface area contributed by atoms with Crippen molar-refractivity contribution in [3.63, 3.8) is 0 Å². The van der Waals surface area contributed by atoms with Crippen molar-refractivity contribution < 1.29 is 29.7 Å². The number of carbonyl (C=O) groups is 3. The number of aromatic nitrogens is 3. The number of nitrogens with one attached hydrogen (secondary N) is 1. The Morgan fingerprint density at radius 1 is 1.19 bits per heavy atom. The highest BCUT2D eigenvalue weighted by molar-refractivity contribution is 5.83. The zero-order chi connectivity index (χ0) is 16.0. The Kier molecular flexibility index (Phi) is 5.52. The van der Waals surface area contributed by atoms with Gasteiger partial charge < -0.3 is 20.6 Å². The molecular weight excluding hydrogens is 284 g/mol. The van der Waals surface area contributed by atoms with Crippen LogP contribution in [0.2, 0.25) is 0 Å². The summed E-state index contributed by atoms with van der Waals surface area (Å²) in [4.78, 5) is 43.1. The van der Waals surface area contributed by atoms with Gasteiger partial charge in [0.1, 0.15) is 6.33 Å². The second-order valence-electron chi connectivity index (χ2n) is 4.33. The summed E-state index contributed by atoms with van der Waals surface area (Å²) < 4.78 is 0. The van der Waals surface area contributed by atoms with E-state index in [-0.39, 0.29) is 18.9 Å². The van der Waals surface area contributed by atoms with Gasteiger partial charge in [-0.2, -0.15) is 4.98 Å². The third kappa shape index (κ3) is 5.01. The summed E-state index contributed by atoms with van der Waals surface area (Å²) >= 11 is 0. The molecule has 0 saturated carbocycles. The number of nitrogens with zero attached hydrogens (tertiary/aromatic N) is 3. The van der Waals surface area contributed by atoms with Crippen LogP contribution < -0.4 is 5.32 Å². The van der Waals surface area contributed by atoms with Gasteiger partial charge in [0.2, 0.25) is 11.8 Å². The second kappa shape index (κ2) is 7.12. The van der Waals surface area contributed by atoms with Crippen molar-refractivity contribution >= 4 is 23.9 Å². The molecule has 0 spiro atoms. The van der Waals surface area contributed by atoms with Crippen LogP contribution in [0.15, 0.2) is 6.33 Å². The van der Waals surface area contributed by atoms with E-state index in [1.54, 1.807) is 0 Å². The largest absolute Gasteiger partial charge is 0.481 e. The molecule has 0 amide bonds. The normalized spacial score (nSPS) is 13.2. The summed E-state index contributed by atoms with van der Waals surface area (Å²) in [5, 5.41) is 29.1. The van der Waals surface area contributed by atoms with Crippen molar-refractivity contribution in [2.75, 3.05) is 11.9 Å². The maximum atomic E-state index is 11.1. The highest BCUT2D eigenvalue weighted by Gasteiger charge is 2.24. The van der Waals surface area contributed by atoms with Gasteiger partial charge in [-0.25, -0.2) is 14.8 Å². The average molecular weight is 298 g/mol. The quantitative estimate of drug-likeness (QED) is 0.505. The lowest BCUT2D eigenvalue weighted by molar-refractivity contribution is -0.144. The Balaban J connectivity index is 2.69. The van der Waals surface area contributed by atoms with E-state index < -0.39 is 35.6 Å². The van der Waals surface area contributed by atoms with Crippen LogP contribution in [0.5, 0.6) is 0 Å². The topological polar surface area (TPSA) is 163 Å². The van der Waals surface area contributed by atoms with Gasteiger partial charge in [-0.15, -0.1) is 0 Å². The number of aliphatic carboxylic acids is 2. The number of hydrogen-bond acceptors (Lipinski definition) is 7. The van der Waals surface area contributed by atoms with Crippen LogP contribution in [-0.2, 0) is 9.59 Å². The number of hydrogen-bond donors (Lipinski definition) is 4. The molecule has 1 aromatic rings. The van der Waals surface area contributed by atoms with Crippen LogP contribution in [0.25, 0.3) is 0 Å². The zero-order valence-corrected chi connectivity index (χ0v) is 11.1. The lowest BCUT2D eigenvalue weighted by atomic mass is 9.96. The molecule has 1 aromatic heterocycles. The number of aromatic carboxylic acids is 1. The Morgan fingerprint density at radius 3 is 2.38 bits per heavy atom. The maximum absolute atomic E-state index is 11.1. The molecule has 0 aromatic carbocycles. The molecule has 0 fully saturated rings. The van der Waals surface area contributed by atoms with Gasteiger partial charge in [0.05, 0.1) is 11.8 Å². The summed E-state index contributed by atoms with van der Waals surface area (Å²) in [6.45, 7) is 1.28. The minimum absolute atomic E-state index is 0.0749. The van der Waals surface area contributed by atoms with Gasteiger partial charge >= 0.3 is 17.9 Å². The van der Waals surface area contributed by atoms with E-state index in [1.165, 1.54) is 6.92 Å². The first-order chi connectivity index (χ1) is 9.81. The fourth-order valence-corrected chi connectivity index (χ4v) is 1.50. The number of anilines is 1. The first kappa shape index (κ1) is 16.3. The summed E-state index contributed by atoms with van der Waals surface area (Å²) in [6.07, 6.45) is 0.906. The molecule has 114 valence electrons. The molecule has 1 rings (SSSR count). The van der Waals surface area contributed by atoms with Gasteiger partial charge in [0.15, 0.2) is 0 Å². The van der Waals surface area contributed by atoms with Crippen molar-refractivity contribution in [2.45, 2.75) is 13.3 Å². The third-order valence-electron chi connectivity index (χ3n) is 2.68. The first-order valence-electron chi connectivity index (χ1n) is 5.93. The van der Waals surface area contributed by atoms with E-state index in [4.69, 9.17) is 15.3 Å². The lowest BCUT2D eigenvalue weighted by Crippen LogP contribution is -2.27. The SMILES string of the molecule is CC(CC(CNc1ncnc(C(=O)O)n1)C(=O)O)C(=O)O. The summed E-state index contributed by atoms with van der Waals surface area (Å²) in [5.41, 5.74) is 0. The molecule has 0 aliphatic carbocycles. The highest BCUT2D eigenvalue weighted by Crippen LogP contribution is 2.13. The second-order valence-corrected chi connectivity index (χ2v) is 4.33. The minimum atomic E-state index is -1.34. The van der Waals surface area contributed by atoms with Gasteiger partial charge in [0, 0.05) is 6.54 Å². The monoisotopic (exact) mass is 298 g/mol. The predicted molar refractivity (Wildman–Crippen MR) is 67.8 cm³/mol. The van der Waals surface area contributed by atoms with Crippen LogP contribution in [-0.4, -0.2) is 54.7 Å². The molecule has 4 N–H and O–H groups in total. The molecule has 10 heteroatoms. The predicted octanol–water partition coefficient (Wildman–Crippen LogP) is -0.207. The van der Waals surface area contributed by atoms with Crippen molar-refractivity contribution in [1.29, 1.82) is 0 Å². The molecule has 10 nitrogen and oxygen atoms in total. The Hall–Kier alpha value is -2.78. The Morgan fingerprint density at radius 2 is 1.86 bits per heavy atom. The maximum Gasteiger partial charge on any atom is 0.374 e. The number of rotatable bonds is 8. The number of carboxylic acids is 3. The first-order valence-corrected chi connectivity index (χ1v) is 5.93. The van der Waals surface area contributed by atoms with Crippen LogP contribution >= 0.6 is 0 Å². The molecule has 2 atom stereocenters. The van der Waals surface area contributed by atoms with Crippen LogP contribution in [0.1, 0.15) is 24.0 Å². The van der Waals surface area contributed by atoms with E-state index in [9.17, 15) is 14.4 Å². The Bertz CT molecular complexity index is 549. The summed E-state index contributed by atoms with van der Waals surface area (Å²) in [7, 11) is 0. The van der Waals surface area contributed by atoms with Crippen molar-refractivity contribution in [3.8, 4) is 0 Å². The number of carboxylic acid groups (broad SMARTS) is 3. The van der Waals surface area contributed by atoms with E-state index in [2.05, 4.69) is 20.3 Å². The fraction of sp³-hybridized carbons (Fsp3) is 0.455. The zero-order valence-electron chi connectivity index (χ0n) is 11.1. The van der Waals surface area contributed by atoms with Crippen molar-refractivity contribution in [3.05, 3.63) is 12.2 Å². The molecule has 2 unspecified atom stereocenters. The average Bonchev–Trinajstić information content (AvgIpc) is 2.42. The highest BCUT2D eigenvalue weighted by atomic mass is 16.4. The molecule has 0 aliphatic heterocycles. The van der Waals surface area contributed by atoms with E-state index >= 15 is 0 Å². The minimum Gasteiger partial charge on any atom is -0.481 e. The van der Waals surface area contributed by atoms with Crippen LogP contribution in [0.3, 0.4) is 0 Å². The molecule has 21 heavy (non-hydrogen) atoms. The molecule has 0 saturated heterocycles. The lowest BCUT2D eigenvalue weighted by Gasteiger charge is -2.15. The fourth-order valence-electron chi connectivity index (χ4n) is 1.50. The van der Waals surface area contributed by atoms with E-state index in [0.29, 0.717) is 0 Å². The summed E-state index contributed by atoms with van der Waals surface area (Å²) in [5.74, 6) is -5.94. The third-order valence-corrected chi connectivity index (χ3v) is 2.68. The molecule has 0 bridgehead atoms. The van der Waals surface area contributed by atoms with E-state index in [0.717, 1.165) is 6.33 Å². The molecule has 1 heterocycles. The van der Waals surface area contributed by atoms with Crippen LogP contribution in [0, 0.1) is 11.8 Å². The Labute approximate surface area is 118 Å². The molecule has 0 radical (unpaired) electrons. The summed E-state index contributed by atoms with van der Waals surface area (Å²) in [6, 6.07) is 0. The van der Waals surface area contributed by atoms with Gasteiger partial charge in [-0.1, -0.05) is 6.92 Å². The van der Waals surface area contributed by atoms with Gasteiger partial charge in [-0.3, -0.25) is 9.59 Å². The molecular formula is C11H14N4O6. The van der Waals surface area contributed by atoms with Crippen molar-refractivity contribution in [2.24, 2.45) is 11.8 Å². The van der Waals surface area contributed by atoms with E-state index in [1.807, 2.05) is 0 Å². The van der Waals surface area contributed by atoms with Gasteiger partial charge in [0.25, 0.3) is 0 Å². The standard InChI is InChI=1S/C11H14N4O6/c1-5(8(16)17)2-6(9(18)19)3-12-11-14-4-13-7(15-11)10(20)21/h4-6H,2-3H2,1H3,(H,16,17)(H,18,19)(H,20,21)(H,12,13,14,15). The van der Waals surface area contributed by atoms with Crippen LogP contribution in [0.4, 0.5) is 5.95 Å². The van der Waals surface area contributed by atoms with Gasteiger partial charge in [-0.05, 0) is 6.42 Å². The van der Waals surface area contributed by atoms with Crippen molar-refractivity contribution in [1.82, 2.24) is 15.0 Å².